The number of rotatable bonds is 9. The van der Waals surface area contributed by atoms with Crippen LogP contribution in [0.2, 0.25) is 0 Å². The summed E-state index contributed by atoms with van der Waals surface area (Å²) in [7, 11) is 0. The lowest BCUT2D eigenvalue weighted by molar-refractivity contribution is 0.102. The summed E-state index contributed by atoms with van der Waals surface area (Å²) in [5.74, 6) is 1.25. The second-order valence-corrected chi connectivity index (χ2v) is 6.44. The number of hydrogen-bond acceptors (Lipinski definition) is 3. The number of benzene rings is 3. The normalized spacial score (nSPS) is 10.3. The van der Waals surface area contributed by atoms with E-state index in [9.17, 15) is 4.79 Å². The van der Waals surface area contributed by atoms with Gasteiger partial charge in [-0.1, -0.05) is 49.4 Å². The van der Waals surface area contributed by atoms with Crippen molar-refractivity contribution in [1.82, 2.24) is 0 Å². The Kier molecular flexibility index (Phi) is 7.08. The van der Waals surface area contributed by atoms with Crippen LogP contribution in [-0.4, -0.2) is 19.1 Å². The zero-order valence-corrected chi connectivity index (χ0v) is 16.1. The van der Waals surface area contributed by atoms with Gasteiger partial charge in [0, 0.05) is 23.7 Å². The van der Waals surface area contributed by atoms with Crippen molar-refractivity contribution in [2.45, 2.75) is 19.8 Å². The lowest BCUT2D eigenvalue weighted by Crippen LogP contribution is -2.12. The van der Waals surface area contributed by atoms with Crippen LogP contribution in [0.5, 0.6) is 11.5 Å². The molecule has 0 aliphatic rings. The van der Waals surface area contributed by atoms with Crippen molar-refractivity contribution >= 4 is 11.6 Å². The Labute approximate surface area is 166 Å². The number of amides is 1. The minimum absolute atomic E-state index is 0.179. The van der Waals surface area contributed by atoms with E-state index in [1.54, 1.807) is 12.1 Å². The molecule has 0 saturated carbocycles. The van der Waals surface area contributed by atoms with Crippen LogP contribution in [0.4, 0.5) is 5.69 Å². The van der Waals surface area contributed by atoms with Gasteiger partial charge in [-0.15, -0.1) is 0 Å². The van der Waals surface area contributed by atoms with Crippen molar-refractivity contribution in [2.75, 3.05) is 18.5 Å². The molecule has 3 aromatic carbocycles. The molecule has 28 heavy (non-hydrogen) atoms. The fourth-order valence-electron chi connectivity index (χ4n) is 2.75. The molecule has 0 aromatic heterocycles. The molecule has 0 heterocycles. The molecule has 1 N–H and O–H groups in total. The summed E-state index contributed by atoms with van der Waals surface area (Å²) in [6.45, 7) is 3.27. The number of carbonyl (C=O) groups is 1. The van der Waals surface area contributed by atoms with Crippen molar-refractivity contribution in [1.29, 1.82) is 0 Å². The number of hydrogen-bond donors (Lipinski definition) is 1. The Morgan fingerprint density at radius 1 is 0.821 bits per heavy atom. The molecule has 3 aromatic rings. The first-order chi connectivity index (χ1) is 13.7. The molecular weight excluding hydrogens is 350 g/mol. The minimum Gasteiger partial charge on any atom is -0.494 e. The maximum atomic E-state index is 12.6. The number of ether oxygens (including phenoxy) is 2. The summed E-state index contributed by atoms with van der Waals surface area (Å²) in [6.07, 6.45) is 1.76. The third-order valence-electron chi connectivity index (χ3n) is 4.16. The molecule has 1 amide bonds. The predicted octanol–water partition coefficient (Wildman–Crippen LogP) is 5.35. The van der Waals surface area contributed by atoms with E-state index in [4.69, 9.17) is 9.47 Å². The van der Waals surface area contributed by atoms with Gasteiger partial charge >= 0.3 is 0 Å². The Hall–Kier alpha value is -3.27. The molecular formula is C24H25NO3. The van der Waals surface area contributed by atoms with Crippen LogP contribution in [0.15, 0.2) is 78.9 Å². The van der Waals surface area contributed by atoms with Crippen LogP contribution in [0, 0.1) is 0 Å². The van der Waals surface area contributed by atoms with Gasteiger partial charge in [-0.05, 0) is 42.3 Å². The largest absolute Gasteiger partial charge is 0.494 e. The van der Waals surface area contributed by atoms with Gasteiger partial charge in [-0.3, -0.25) is 4.79 Å². The van der Waals surface area contributed by atoms with E-state index in [0.29, 0.717) is 30.2 Å². The SMILES string of the molecule is CCCOc1cccc(NC(=O)c2cccc(OCCc3ccccc3)c2)c1. The molecule has 0 fully saturated rings. The van der Waals surface area contributed by atoms with E-state index in [2.05, 4.69) is 24.4 Å². The molecule has 0 spiro atoms. The molecule has 144 valence electrons. The minimum atomic E-state index is -0.179. The highest BCUT2D eigenvalue weighted by Crippen LogP contribution is 2.20. The van der Waals surface area contributed by atoms with Gasteiger partial charge in [-0.2, -0.15) is 0 Å². The van der Waals surface area contributed by atoms with E-state index in [-0.39, 0.29) is 5.91 Å². The Balaban J connectivity index is 1.57. The second kappa shape index (κ2) is 10.2. The van der Waals surface area contributed by atoms with Crippen LogP contribution in [0.1, 0.15) is 29.3 Å². The molecule has 4 heteroatoms. The van der Waals surface area contributed by atoms with Gasteiger partial charge in [-0.25, -0.2) is 0 Å². The van der Waals surface area contributed by atoms with Crippen molar-refractivity contribution in [3.8, 4) is 11.5 Å². The van der Waals surface area contributed by atoms with Crippen molar-refractivity contribution in [3.05, 3.63) is 90.0 Å². The van der Waals surface area contributed by atoms with E-state index < -0.39 is 0 Å². The third kappa shape index (κ3) is 5.88. The van der Waals surface area contributed by atoms with E-state index >= 15 is 0 Å². The average molecular weight is 375 g/mol. The van der Waals surface area contributed by atoms with E-state index in [1.165, 1.54) is 5.56 Å². The highest BCUT2D eigenvalue weighted by atomic mass is 16.5. The predicted molar refractivity (Wildman–Crippen MR) is 112 cm³/mol. The summed E-state index contributed by atoms with van der Waals surface area (Å²) in [4.78, 5) is 12.6. The number of nitrogens with one attached hydrogen (secondary N) is 1. The van der Waals surface area contributed by atoms with Gasteiger partial charge in [0.1, 0.15) is 11.5 Å². The van der Waals surface area contributed by atoms with Crippen LogP contribution < -0.4 is 14.8 Å². The van der Waals surface area contributed by atoms with Gasteiger partial charge in [0.15, 0.2) is 0 Å². The fourth-order valence-corrected chi connectivity index (χ4v) is 2.75. The molecule has 0 atom stereocenters. The standard InChI is InChI=1S/C24H25NO3/c1-2-15-27-23-13-7-11-21(18-23)25-24(26)20-10-6-12-22(17-20)28-16-14-19-8-4-3-5-9-19/h3-13,17-18H,2,14-16H2,1H3,(H,25,26). The molecule has 0 aliphatic heterocycles. The molecule has 0 saturated heterocycles. The second-order valence-electron chi connectivity index (χ2n) is 6.44. The van der Waals surface area contributed by atoms with E-state index in [0.717, 1.165) is 18.6 Å². The van der Waals surface area contributed by atoms with Gasteiger partial charge in [0.2, 0.25) is 0 Å². The zero-order valence-electron chi connectivity index (χ0n) is 16.1. The van der Waals surface area contributed by atoms with Gasteiger partial charge in [0.05, 0.1) is 13.2 Å². The molecule has 0 bridgehead atoms. The lowest BCUT2D eigenvalue weighted by Gasteiger charge is -2.10. The Bertz CT molecular complexity index is 893. The average Bonchev–Trinajstić information content (AvgIpc) is 2.73. The first kappa shape index (κ1) is 19.5. The summed E-state index contributed by atoms with van der Waals surface area (Å²) in [5, 5.41) is 2.91. The first-order valence-electron chi connectivity index (χ1n) is 9.55. The third-order valence-corrected chi connectivity index (χ3v) is 4.16. The zero-order chi connectivity index (χ0) is 19.6. The topological polar surface area (TPSA) is 47.6 Å². The molecule has 4 nitrogen and oxygen atoms in total. The van der Waals surface area contributed by atoms with Gasteiger partial charge in [0.25, 0.3) is 5.91 Å². The quantitative estimate of drug-likeness (QED) is 0.548. The smallest absolute Gasteiger partial charge is 0.255 e. The van der Waals surface area contributed by atoms with E-state index in [1.807, 2.05) is 54.6 Å². The highest BCUT2D eigenvalue weighted by Gasteiger charge is 2.08. The monoisotopic (exact) mass is 375 g/mol. The summed E-state index contributed by atoms with van der Waals surface area (Å²) in [6, 6.07) is 24.8. The molecule has 0 radical (unpaired) electrons. The van der Waals surface area contributed by atoms with Crippen LogP contribution >= 0.6 is 0 Å². The molecule has 0 unspecified atom stereocenters. The van der Waals surface area contributed by atoms with Crippen LogP contribution in [0.3, 0.4) is 0 Å². The van der Waals surface area contributed by atoms with Crippen LogP contribution in [-0.2, 0) is 6.42 Å². The summed E-state index contributed by atoms with van der Waals surface area (Å²) < 4.78 is 11.4. The summed E-state index contributed by atoms with van der Waals surface area (Å²) in [5.41, 5.74) is 2.48. The lowest BCUT2D eigenvalue weighted by atomic mass is 10.1. The molecule has 3 rings (SSSR count). The Morgan fingerprint density at radius 3 is 2.32 bits per heavy atom. The van der Waals surface area contributed by atoms with Gasteiger partial charge < -0.3 is 14.8 Å². The highest BCUT2D eigenvalue weighted by molar-refractivity contribution is 6.04. The number of carbonyl (C=O) groups excluding carboxylic acids is 1. The van der Waals surface area contributed by atoms with Crippen molar-refractivity contribution < 1.29 is 14.3 Å². The summed E-state index contributed by atoms with van der Waals surface area (Å²) >= 11 is 0. The molecule has 0 aliphatic carbocycles. The fraction of sp³-hybridized carbons (Fsp3) is 0.208. The maximum absolute atomic E-state index is 12.6. The maximum Gasteiger partial charge on any atom is 0.255 e. The van der Waals surface area contributed by atoms with Crippen LogP contribution in [0.25, 0.3) is 0 Å². The van der Waals surface area contributed by atoms with Crippen molar-refractivity contribution in [3.63, 3.8) is 0 Å². The Morgan fingerprint density at radius 2 is 1.54 bits per heavy atom. The first-order valence-corrected chi connectivity index (χ1v) is 9.55. The van der Waals surface area contributed by atoms with Crippen molar-refractivity contribution in [2.24, 2.45) is 0 Å². The number of anilines is 1.